The Morgan fingerprint density at radius 3 is 1.54 bits per heavy atom. The molecule has 50 heavy (non-hydrogen) atoms. The van der Waals surface area contributed by atoms with Gasteiger partial charge in [-0.2, -0.15) is 26.3 Å². The van der Waals surface area contributed by atoms with Crippen molar-refractivity contribution >= 4 is 34.3 Å². The van der Waals surface area contributed by atoms with Gasteiger partial charge in [-0.15, -0.1) is 0 Å². The molecule has 0 fully saturated rings. The molecule has 0 radical (unpaired) electrons. The summed E-state index contributed by atoms with van der Waals surface area (Å²) in [5.74, 6) is -3.48. The van der Waals surface area contributed by atoms with E-state index < -0.39 is 35.9 Å². The summed E-state index contributed by atoms with van der Waals surface area (Å²) in [7, 11) is 2.51. The number of ether oxygens (including phenoxy) is 2. The van der Waals surface area contributed by atoms with E-state index in [-0.39, 0.29) is 34.7 Å². The molecule has 0 aliphatic heterocycles. The smallest absolute Gasteiger partial charge is 0.451 e. The van der Waals surface area contributed by atoms with Gasteiger partial charge in [0.05, 0.1) is 36.7 Å². The van der Waals surface area contributed by atoms with Crippen LogP contribution in [0.15, 0.2) is 61.2 Å². The van der Waals surface area contributed by atoms with Gasteiger partial charge in [0.2, 0.25) is 11.6 Å². The fourth-order valence-electron chi connectivity index (χ4n) is 4.82. The lowest BCUT2D eigenvalue weighted by Gasteiger charge is -2.09. The van der Waals surface area contributed by atoms with Crippen molar-refractivity contribution in [1.82, 2.24) is 39.0 Å². The van der Waals surface area contributed by atoms with Gasteiger partial charge in [-0.25, -0.2) is 39.5 Å². The highest BCUT2D eigenvalue weighted by atomic mass is 19.4. The number of esters is 2. The van der Waals surface area contributed by atoms with E-state index in [1.807, 2.05) is 0 Å². The lowest BCUT2D eigenvalue weighted by Crippen LogP contribution is -2.13. The summed E-state index contributed by atoms with van der Waals surface area (Å²) in [6.45, 7) is 3.39. The molecule has 0 saturated carbocycles. The molecule has 12 nitrogen and oxygen atoms in total. The van der Waals surface area contributed by atoms with Gasteiger partial charge in [0.25, 0.3) is 0 Å². The summed E-state index contributed by atoms with van der Waals surface area (Å²) in [4.78, 5) is 45.8. The van der Waals surface area contributed by atoms with Crippen molar-refractivity contribution in [2.24, 2.45) is 0 Å². The molecule has 4 heterocycles. The summed E-state index contributed by atoms with van der Waals surface area (Å²) < 4.78 is 90.4. The van der Waals surface area contributed by atoms with Gasteiger partial charge in [0, 0.05) is 11.4 Å². The molecule has 0 N–H and O–H groups in total. The number of nitrogens with zero attached hydrogens (tertiary/aromatic N) is 8. The summed E-state index contributed by atoms with van der Waals surface area (Å²) in [5, 5.41) is 0. The first kappa shape index (κ1) is 35.4. The molecule has 0 atom stereocenters. The molecular weight excluding hydrogens is 674 g/mol. The number of aromatic nitrogens is 8. The monoisotopic (exact) mass is 700 g/mol. The second kappa shape index (κ2) is 13.9. The number of carbonyl (C=O) groups is 2. The highest BCUT2D eigenvalue weighted by molar-refractivity contribution is 5.90. The van der Waals surface area contributed by atoms with Gasteiger partial charge < -0.3 is 9.47 Å². The predicted octanol–water partition coefficient (Wildman–Crippen LogP) is 6.37. The zero-order valence-electron chi connectivity index (χ0n) is 26.7. The number of halogens is 6. The molecule has 0 saturated heterocycles. The fraction of sp³-hybridized carbons (Fsp3) is 0.250. The molecule has 0 bridgehead atoms. The zero-order chi connectivity index (χ0) is 36.4. The molecule has 18 heteroatoms. The Labute approximate surface area is 278 Å². The van der Waals surface area contributed by atoms with Crippen molar-refractivity contribution in [1.29, 1.82) is 0 Å². The van der Waals surface area contributed by atoms with Crippen LogP contribution in [0, 0.1) is 0 Å². The first-order valence-corrected chi connectivity index (χ1v) is 14.7. The fourth-order valence-corrected chi connectivity index (χ4v) is 4.82. The van der Waals surface area contributed by atoms with E-state index >= 15 is 0 Å². The van der Waals surface area contributed by atoms with Crippen LogP contribution in [0.4, 0.5) is 26.3 Å². The largest absolute Gasteiger partial charge is 0.465 e. The van der Waals surface area contributed by atoms with E-state index in [4.69, 9.17) is 0 Å². The van der Waals surface area contributed by atoms with Crippen LogP contribution in [0.2, 0.25) is 0 Å². The number of imidazole rings is 2. The number of benzene rings is 2. The maximum atomic E-state index is 13.1. The number of rotatable bonds is 6. The zero-order valence-corrected chi connectivity index (χ0v) is 26.7. The summed E-state index contributed by atoms with van der Waals surface area (Å²) >= 11 is 0. The molecule has 0 amide bonds. The summed E-state index contributed by atoms with van der Waals surface area (Å²) in [6, 6.07) is 12.5. The van der Waals surface area contributed by atoms with Crippen molar-refractivity contribution in [2.45, 2.75) is 39.0 Å². The molecule has 260 valence electrons. The van der Waals surface area contributed by atoms with E-state index in [1.54, 1.807) is 44.2 Å². The van der Waals surface area contributed by atoms with E-state index in [9.17, 15) is 35.9 Å². The second-order valence-corrected chi connectivity index (χ2v) is 10.3. The first-order valence-electron chi connectivity index (χ1n) is 14.7. The third kappa shape index (κ3) is 7.08. The Morgan fingerprint density at radius 2 is 1.10 bits per heavy atom. The first-order chi connectivity index (χ1) is 23.7. The van der Waals surface area contributed by atoms with Gasteiger partial charge in [-0.05, 0) is 55.3 Å². The lowest BCUT2D eigenvalue weighted by atomic mass is 10.2. The van der Waals surface area contributed by atoms with Crippen molar-refractivity contribution < 1.29 is 45.4 Å². The Bertz CT molecular complexity index is 2190. The average Bonchev–Trinajstić information content (AvgIpc) is 3.75. The number of alkyl halides is 6. The van der Waals surface area contributed by atoms with Gasteiger partial charge >= 0.3 is 24.3 Å². The Morgan fingerprint density at radius 1 is 0.640 bits per heavy atom. The standard InChI is InChI=1S/2C16H13F3N4O2/c1-3-11-12-13(22-15(21-11)16(17,18)19)23(8-20-12)10-6-4-9(5-7-10)14(24)25-2;1-3-11-12-13(22-15(21-11)16(17,18)19)23(8-20-12)10-6-4-5-9(7-10)14(24)25-2/h2*4-8H,3H2,1-2H3. The van der Waals surface area contributed by atoms with Crippen LogP contribution in [0.5, 0.6) is 0 Å². The van der Waals surface area contributed by atoms with Gasteiger partial charge in [-0.1, -0.05) is 19.9 Å². The van der Waals surface area contributed by atoms with E-state index in [2.05, 4.69) is 39.4 Å². The van der Waals surface area contributed by atoms with Crippen molar-refractivity contribution in [3.8, 4) is 11.4 Å². The van der Waals surface area contributed by atoms with Crippen LogP contribution < -0.4 is 0 Å². The molecule has 0 aliphatic rings. The van der Waals surface area contributed by atoms with Crippen LogP contribution in [0.25, 0.3) is 33.7 Å². The minimum Gasteiger partial charge on any atom is -0.465 e. The number of fused-ring (bicyclic) bond motifs is 2. The molecular formula is C32H26F6N8O4. The van der Waals surface area contributed by atoms with Crippen molar-refractivity contribution in [3.63, 3.8) is 0 Å². The normalized spacial score (nSPS) is 11.7. The number of aryl methyl sites for hydroxylation is 2. The number of carbonyl (C=O) groups excluding carboxylic acids is 2. The number of methoxy groups -OCH3 is 2. The van der Waals surface area contributed by atoms with E-state index in [0.717, 1.165) is 0 Å². The summed E-state index contributed by atoms with van der Waals surface area (Å²) in [5.41, 5.74) is 2.68. The minimum absolute atomic E-state index is 0.0289. The summed E-state index contributed by atoms with van der Waals surface area (Å²) in [6.07, 6.45) is -6.01. The third-order valence-corrected chi connectivity index (χ3v) is 7.23. The topological polar surface area (TPSA) is 140 Å². The predicted molar refractivity (Wildman–Crippen MR) is 165 cm³/mol. The maximum Gasteiger partial charge on any atom is 0.451 e. The van der Waals surface area contributed by atoms with E-state index in [1.165, 1.54) is 54.2 Å². The quantitative estimate of drug-likeness (QED) is 0.142. The maximum absolute atomic E-state index is 13.1. The molecule has 6 rings (SSSR count). The molecule has 0 unspecified atom stereocenters. The van der Waals surface area contributed by atoms with Gasteiger partial charge in [-0.3, -0.25) is 9.13 Å². The lowest BCUT2D eigenvalue weighted by molar-refractivity contribution is -0.145. The molecule has 0 aliphatic carbocycles. The van der Waals surface area contributed by atoms with Crippen LogP contribution in [-0.2, 0) is 34.7 Å². The molecule has 6 aromatic rings. The second-order valence-electron chi connectivity index (χ2n) is 10.3. The minimum atomic E-state index is -4.67. The molecule has 4 aromatic heterocycles. The Hall–Kier alpha value is -5.94. The highest BCUT2D eigenvalue weighted by Crippen LogP contribution is 2.31. The van der Waals surface area contributed by atoms with Crippen molar-refractivity contribution in [2.75, 3.05) is 14.2 Å². The van der Waals surface area contributed by atoms with Crippen molar-refractivity contribution in [3.05, 3.63) is 95.3 Å². The van der Waals surface area contributed by atoms with E-state index in [0.29, 0.717) is 34.4 Å². The van der Waals surface area contributed by atoms with Gasteiger partial charge in [0.15, 0.2) is 11.3 Å². The van der Waals surface area contributed by atoms with Crippen LogP contribution >= 0.6 is 0 Å². The van der Waals surface area contributed by atoms with Crippen LogP contribution in [0.3, 0.4) is 0 Å². The molecule has 0 spiro atoms. The van der Waals surface area contributed by atoms with Crippen LogP contribution in [0.1, 0.15) is 57.6 Å². The number of hydrogen-bond donors (Lipinski definition) is 0. The highest BCUT2D eigenvalue weighted by Gasteiger charge is 2.37. The van der Waals surface area contributed by atoms with Crippen LogP contribution in [-0.4, -0.2) is 65.2 Å². The third-order valence-electron chi connectivity index (χ3n) is 7.23. The Kier molecular flexibility index (Phi) is 9.82. The average molecular weight is 701 g/mol. The SMILES string of the molecule is CCc1nc(C(F)(F)F)nc2c1ncn2-c1ccc(C(=O)OC)cc1.CCc1nc(C(F)(F)F)nc2c1ncn2-c1cccc(C(=O)OC)c1. The number of hydrogen-bond acceptors (Lipinski definition) is 10. The van der Waals surface area contributed by atoms with Gasteiger partial charge in [0.1, 0.15) is 23.7 Å². The molecule has 2 aromatic carbocycles. The Balaban J connectivity index is 0.000000194.